The zero-order chi connectivity index (χ0) is 25.7. The summed E-state index contributed by atoms with van der Waals surface area (Å²) in [7, 11) is 0. The van der Waals surface area contributed by atoms with Crippen LogP contribution in [-0.2, 0) is 19.1 Å². The fourth-order valence-electron chi connectivity index (χ4n) is 4.97. The van der Waals surface area contributed by atoms with Gasteiger partial charge in [-0.05, 0) is 29.7 Å². The van der Waals surface area contributed by atoms with Crippen molar-refractivity contribution in [1.29, 1.82) is 0 Å². The van der Waals surface area contributed by atoms with Crippen molar-refractivity contribution < 1.29 is 24.2 Å². The van der Waals surface area contributed by atoms with E-state index in [4.69, 9.17) is 22.1 Å². The third-order valence-electron chi connectivity index (χ3n) is 6.79. The molecule has 2 aromatic carbocycles. The van der Waals surface area contributed by atoms with Gasteiger partial charge in [-0.1, -0.05) is 54.1 Å². The monoisotopic (exact) mass is 514 g/mol. The number of amides is 2. The number of nitrogens with two attached hydrogens (primary N) is 1. The molecule has 0 spiro atoms. The molecule has 0 aliphatic carbocycles. The minimum Gasteiger partial charge on any atom is -0.480 e. The number of ether oxygens (including phenoxy) is 1. The summed E-state index contributed by atoms with van der Waals surface area (Å²) in [6.45, 7) is 3.93. The molecule has 1 unspecified atom stereocenters. The van der Waals surface area contributed by atoms with Crippen molar-refractivity contribution in [2.24, 2.45) is 5.73 Å². The van der Waals surface area contributed by atoms with E-state index in [-0.39, 0.29) is 25.5 Å². The van der Waals surface area contributed by atoms with Crippen molar-refractivity contribution in [2.45, 2.75) is 31.2 Å². The van der Waals surface area contributed by atoms with Gasteiger partial charge in [-0.25, -0.2) is 4.79 Å². The average molecular weight is 515 g/mol. The van der Waals surface area contributed by atoms with E-state index in [1.165, 1.54) is 11.1 Å². The molecule has 2 aliphatic rings. The Morgan fingerprint density at radius 1 is 1.03 bits per heavy atom. The second kappa shape index (κ2) is 11.8. The van der Waals surface area contributed by atoms with Crippen LogP contribution >= 0.6 is 11.6 Å². The molecule has 2 aliphatic heterocycles. The van der Waals surface area contributed by atoms with E-state index in [2.05, 4.69) is 34.1 Å². The molecule has 10 heteroatoms. The second-order valence-corrected chi connectivity index (χ2v) is 9.50. The van der Waals surface area contributed by atoms with Crippen LogP contribution in [0.4, 0.5) is 0 Å². The zero-order valence-corrected chi connectivity index (χ0v) is 20.7. The predicted molar refractivity (Wildman–Crippen MR) is 134 cm³/mol. The lowest BCUT2D eigenvalue weighted by Gasteiger charge is -2.40. The molecule has 3 atom stereocenters. The molecule has 0 radical (unpaired) electrons. The summed E-state index contributed by atoms with van der Waals surface area (Å²) >= 11 is 6.12. The Hall–Kier alpha value is -2.98. The Bertz CT molecular complexity index is 1060. The van der Waals surface area contributed by atoms with E-state index in [0.717, 1.165) is 31.1 Å². The largest absolute Gasteiger partial charge is 0.480 e. The number of rotatable bonds is 10. The van der Waals surface area contributed by atoms with Crippen LogP contribution in [0.1, 0.15) is 30.0 Å². The normalized spacial score (nSPS) is 20.9. The molecule has 36 heavy (non-hydrogen) atoms. The minimum atomic E-state index is -1.38. The highest BCUT2D eigenvalue weighted by Crippen LogP contribution is 2.30. The summed E-state index contributed by atoms with van der Waals surface area (Å²) < 4.78 is 5.66. The van der Waals surface area contributed by atoms with Crippen LogP contribution in [0.2, 0.25) is 5.02 Å². The van der Waals surface area contributed by atoms with Crippen LogP contribution in [0.5, 0.6) is 0 Å². The topological polar surface area (TPSA) is 116 Å². The minimum absolute atomic E-state index is 0.0578. The molecular weight excluding hydrogens is 484 g/mol. The molecule has 0 saturated carbocycles. The van der Waals surface area contributed by atoms with E-state index < -0.39 is 30.1 Å². The number of benzene rings is 2. The number of carbonyl (C=O) groups is 3. The number of aliphatic carboxylic acids is 1. The van der Waals surface area contributed by atoms with Crippen LogP contribution in [-0.4, -0.2) is 89.2 Å². The van der Waals surface area contributed by atoms with Gasteiger partial charge in [-0.2, -0.15) is 0 Å². The first-order chi connectivity index (χ1) is 17.3. The number of hydrogen-bond donors (Lipinski definition) is 2. The summed E-state index contributed by atoms with van der Waals surface area (Å²) in [5, 5.41) is 10.1. The number of halogens is 1. The first kappa shape index (κ1) is 26.1. The van der Waals surface area contributed by atoms with E-state index in [0.29, 0.717) is 11.6 Å². The highest BCUT2D eigenvalue weighted by Gasteiger charge is 2.43. The van der Waals surface area contributed by atoms with Crippen molar-refractivity contribution in [2.75, 3.05) is 39.3 Å². The second-order valence-electron chi connectivity index (χ2n) is 9.06. The smallest absolute Gasteiger partial charge is 0.326 e. The highest BCUT2D eigenvalue weighted by molar-refractivity contribution is 6.30. The molecule has 0 aromatic heterocycles. The molecule has 2 heterocycles. The van der Waals surface area contributed by atoms with Gasteiger partial charge in [0.15, 0.2) is 0 Å². The predicted octanol–water partition coefficient (Wildman–Crippen LogP) is 1.95. The number of carboxylic acid groups (broad SMARTS) is 1. The lowest BCUT2D eigenvalue weighted by molar-refractivity contribution is -0.165. The molecule has 2 amide bonds. The maximum Gasteiger partial charge on any atom is 0.326 e. The number of hydrogen-bond acceptors (Lipinski definition) is 6. The van der Waals surface area contributed by atoms with E-state index in [1.54, 1.807) is 0 Å². The van der Waals surface area contributed by atoms with Crippen molar-refractivity contribution in [1.82, 2.24) is 14.7 Å². The average Bonchev–Trinajstić information content (AvgIpc) is 3.26. The lowest BCUT2D eigenvalue weighted by Crippen LogP contribution is -2.54. The highest BCUT2D eigenvalue weighted by atomic mass is 35.5. The number of primary amides is 1. The third kappa shape index (κ3) is 6.04. The molecule has 2 aromatic rings. The van der Waals surface area contributed by atoms with Gasteiger partial charge in [0.25, 0.3) is 5.91 Å². The van der Waals surface area contributed by atoms with Gasteiger partial charge in [0.1, 0.15) is 6.04 Å². The van der Waals surface area contributed by atoms with Crippen LogP contribution in [0.15, 0.2) is 54.6 Å². The van der Waals surface area contributed by atoms with Crippen molar-refractivity contribution in [3.63, 3.8) is 0 Å². The fraction of sp³-hybridized carbons (Fsp3) is 0.423. The summed E-state index contributed by atoms with van der Waals surface area (Å²) in [6, 6.07) is 17.3. The van der Waals surface area contributed by atoms with Gasteiger partial charge in [0, 0.05) is 44.2 Å². The maximum atomic E-state index is 12.2. The van der Waals surface area contributed by atoms with Crippen LogP contribution < -0.4 is 5.73 Å². The Labute approximate surface area is 215 Å². The lowest BCUT2D eigenvalue weighted by atomic mass is 9.96. The van der Waals surface area contributed by atoms with Gasteiger partial charge in [-0.15, -0.1) is 0 Å². The first-order valence-corrected chi connectivity index (χ1v) is 12.4. The zero-order valence-electron chi connectivity index (χ0n) is 20.0. The van der Waals surface area contributed by atoms with Gasteiger partial charge in [0.05, 0.1) is 12.6 Å². The SMILES string of the molecule is NC(=O)[C@H](OCCN1CCN(C(c2ccccc2)c2ccc(Cl)cc2)CC1)N1C(=O)CC[C@H]1C(=O)O. The van der Waals surface area contributed by atoms with Crippen LogP contribution in [0.3, 0.4) is 0 Å². The standard InChI is InChI=1S/C26H31ClN4O5/c27-20-8-6-19(7-9-20)23(18-4-2-1-3-5-18)30-14-12-29(13-15-30)16-17-36-25(24(28)33)31-21(26(34)35)10-11-22(31)32/h1-9,21,23,25H,10-17H2,(H2,28,33)(H,34,35)/t21-,23?,25-/m0/s1. The number of piperazine rings is 1. The molecular formula is C26H31ClN4O5. The number of nitrogens with zero attached hydrogens (tertiary/aromatic N) is 3. The van der Waals surface area contributed by atoms with Crippen molar-refractivity contribution in [3.8, 4) is 0 Å². The molecule has 9 nitrogen and oxygen atoms in total. The Kier molecular flexibility index (Phi) is 8.58. The summed E-state index contributed by atoms with van der Waals surface area (Å²) in [4.78, 5) is 41.3. The summed E-state index contributed by atoms with van der Waals surface area (Å²) in [5.41, 5.74) is 7.84. The van der Waals surface area contributed by atoms with Gasteiger partial charge >= 0.3 is 5.97 Å². The van der Waals surface area contributed by atoms with Gasteiger partial charge in [0.2, 0.25) is 12.1 Å². The van der Waals surface area contributed by atoms with Crippen LogP contribution in [0.25, 0.3) is 0 Å². The molecule has 3 N–H and O–H groups in total. The van der Waals surface area contributed by atoms with E-state index in [9.17, 15) is 19.5 Å². The maximum absolute atomic E-state index is 12.2. The Morgan fingerprint density at radius 2 is 1.67 bits per heavy atom. The van der Waals surface area contributed by atoms with E-state index in [1.807, 2.05) is 30.3 Å². The third-order valence-corrected chi connectivity index (χ3v) is 7.04. The molecule has 4 rings (SSSR count). The van der Waals surface area contributed by atoms with Crippen molar-refractivity contribution >= 4 is 29.4 Å². The Balaban J connectivity index is 1.35. The number of likely N-dealkylation sites (tertiary alicyclic amines) is 1. The molecule has 2 fully saturated rings. The van der Waals surface area contributed by atoms with Crippen LogP contribution in [0, 0.1) is 0 Å². The molecule has 2 saturated heterocycles. The summed E-state index contributed by atoms with van der Waals surface area (Å²) in [5.74, 6) is -2.47. The van der Waals surface area contributed by atoms with Gasteiger partial charge < -0.3 is 15.6 Å². The number of carboxylic acids is 1. The Morgan fingerprint density at radius 3 is 2.28 bits per heavy atom. The number of carbonyl (C=O) groups excluding carboxylic acids is 2. The molecule has 192 valence electrons. The molecule has 0 bridgehead atoms. The fourth-order valence-corrected chi connectivity index (χ4v) is 5.10. The van der Waals surface area contributed by atoms with Crippen molar-refractivity contribution in [3.05, 3.63) is 70.7 Å². The quantitative estimate of drug-likeness (QED) is 0.497. The summed E-state index contributed by atoms with van der Waals surface area (Å²) in [6.07, 6.45) is -1.18. The first-order valence-electron chi connectivity index (χ1n) is 12.1. The van der Waals surface area contributed by atoms with E-state index >= 15 is 0 Å². The van der Waals surface area contributed by atoms with Gasteiger partial charge in [-0.3, -0.25) is 24.3 Å².